The molecule has 0 aliphatic carbocycles. The Kier molecular flexibility index (Phi) is 5.21. The van der Waals surface area contributed by atoms with E-state index in [1.807, 2.05) is 13.0 Å². The maximum Gasteiger partial charge on any atom is 0.315 e. The Balaban J connectivity index is 1.73. The average Bonchev–Trinajstić information content (AvgIpc) is 3.27. The molecular formula is C18H24N4O3. The minimum absolute atomic E-state index is 0.197. The lowest BCUT2D eigenvalue weighted by Gasteiger charge is -2.36. The van der Waals surface area contributed by atoms with Gasteiger partial charge in [0.25, 0.3) is 0 Å². The number of aromatic nitrogens is 2. The van der Waals surface area contributed by atoms with E-state index in [-0.39, 0.29) is 6.04 Å². The Morgan fingerprint density at radius 3 is 2.96 bits per heavy atom. The van der Waals surface area contributed by atoms with E-state index in [0.29, 0.717) is 24.8 Å². The number of aryl methyl sites for hydroxylation is 1. The van der Waals surface area contributed by atoms with Gasteiger partial charge in [0.15, 0.2) is 0 Å². The number of amides is 2. The molecule has 0 spiro atoms. The quantitative estimate of drug-likeness (QED) is 0.865. The zero-order valence-corrected chi connectivity index (χ0v) is 14.6. The fraction of sp³-hybridized carbons (Fsp3) is 0.500. The predicted octanol–water partition coefficient (Wildman–Crippen LogP) is 2.82. The number of nitrogens with one attached hydrogen (secondary N) is 1. The summed E-state index contributed by atoms with van der Waals surface area (Å²) in [6.45, 7) is 5.42. The van der Waals surface area contributed by atoms with Gasteiger partial charge in [0, 0.05) is 19.2 Å². The summed E-state index contributed by atoms with van der Waals surface area (Å²) < 4.78 is 7.19. The molecule has 3 rings (SSSR count). The molecule has 2 amide bonds. The van der Waals surface area contributed by atoms with Crippen molar-refractivity contribution < 1.29 is 14.0 Å². The summed E-state index contributed by atoms with van der Waals surface area (Å²) in [5, 5.41) is 6.85. The number of carbonyl (C=O) groups is 2. The highest BCUT2D eigenvalue weighted by molar-refractivity contribution is 6.39. The summed E-state index contributed by atoms with van der Waals surface area (Å²) in [5.41, 5.74) is 0. The van der Waals surface area contributed by atoms with Crippen LogP contribution in [0.2, 0.25) is 0 Å². The lowest BCUT2D eigenvalue weighted by atomic mass is 9.91. The molecule has 3 heterocycles. The summed E-state index contributed by atoms with van der Waals surface area (Å²) in [6.07, 6.45) is 5.78. The first-order chi connectivity index (χ1) is 12.1. The zero-order valence-electron chi connectivity index (χ0n) is 14.6. The van der Waals surface area contributed by atoms with Crippen molar-refractivity contribution in [2.75, 3.05) is 11.9 Å². The molecule has 0 saturated carbocycles. The molecule has 0 radical (unpaired) electrons. The van der Waals surface area contributed by atoms with Crippen LogP contribution in [0.3, 0.4) is 0 Å². The molecule has 1 N–H and O–H groups in total. The number of piperidine rings is 1. The molecule has 1 fully saturated rings. The standard InChI is InChI=1S/C18H24N4O3/c1-3-9-22-16(6-8-19-22)20-17(23)18(24)21-10-7-13(2)12-14(21)15-5-4-11-25-15/h4-6,8,11,13-14H,3,7,9-10,12H2,1-2H3,(H,20,23). The van der Waals surface area contributed by atoms with Gasteiger partial charge in [-0.2, -0.15) is 5.10 Å². The molecule has 2 atom stereocenters. The number of likely N-dealkylation sites (tertiary alicyclic amines) is 1. The number of furan rings is 1. The van der Waals surface area contributed by atoms with Crippen LogP contribution in [0.1, 0.15) is 44.9 Å². The van der Waals surface area contributed by atoms with Crippen LogP contribution >= 0.6 is 0 Å². The van der Waals surface area contributed by atoms with Crippen LogP contribution in [-0.2, 0) is 16.1 Å². The van der Waals surface area contributed by atoms with Gasteiger partial charge in [0.05, 0.1) is 18.5 Å². The average molecular weight is 344 g/mol. The first-order valence-corrected chi connectivity index (χ1v) is 8.77. The number of nitrogens with zero attached hydrogens (tertiary/aromatic N) is 3. The highest BCUT2D eigenvalue weighted by atomic mass is 16.3. The number of anilines is 1. The maximum absolute atomic E-state index is 12.7. The minimum Gasteiger partial charge on any atom is -0.467 e. The molecule has 7 nitrogen and oxygen atoms in total. The van der Waals surface area contributed by atoms with Gasteiger partial charge in [0.2, 0.25) is 0 Å². The Morgan fingerprint density at radius 2 is 2.24 bits per heavy atom. The second-order valence-electron chi connectivity index (χ2n) is 6.55. The van der Waals surface area contributed by atoms with Gasteiger partial charge in [0.1, 0.15) is 11.6 Å². The van der Waals surface area contributed by atoms with Crippen molar-refractivity contribution in [1.82, 2.24) is 14.7 Å². The summed E-state index contributed by atoms with van der Waals surface area (Å²) >= 11 is 0. The summed E-state index contributed by atoms with van der Waals surface area (Å²) in [4.78, 5) is 26.9. The molecule has 2 aromatic heterocycles. The van der Waals surface area contributed by atoms with Gasteiger partial charge in [-0.15, -0.1) is 0 Å². The van der Waals surface area contributed by atoms with Gasteiger partial charge >= 0.3 is 11.8 Å². The smallest absolute Gasteiger partial charge is 0.315 e. The Bertz CT molecular complexity index is 723. The Morgan fingerprint density at radius 1 is 1.40 bits per heavy atom. The van der Waals surface area contributed by atoms with E-state index in [1.165, 1.54) is 0 Å². The van der Waals surface area contributed by atoms with Crippen LogP contribution in [0, 0.1) is 5.92 Å². The molecule has 1 saturated heterocycles. The molecular weight excluding hydrogens is 320 g/mol. The summed E-state index contributed by atoms with van der Waals surface area (Å²) in [5.74, 6) is 0.582. The first-order valence-electron chi connectivity index (χ1n) is 8.77. The van der Waals surface area contributed by atoms with Crippen molar-refractivity contribution in [2.24, 2.45) is 5.92 Å². The fourth-order valence-corrected chi connectivity index (χ4v) is 3.26. The SMILES string of the molecule is CCCn1nccc1NC(=O)C(=O)N1CCC(C)CC1c1ccco1. The third-order valence-electron chi connectivity index (χ3n) is 4.58. The summed E-state index contributed by atoms with van der Waals surface area (Å²) in [7, 11) is 0. The van der Waals surface area contributed by atoms with E-state index in [4.69, 9.17) is 4.42 Å². The fourth-order valence-electron chi connectivity index (χ4n) is 3.26. The lowest BCUT2D eigenvalue weighted by Crippen LogP contribution is -2.45. The molecule has 25 heavy (non-hydrogen) atoms. The Hall–Kier alpha value is -2.57. The van der Waals surface area contributed by atoms with Crippen molar-refractivity contribution in [3.63, 3.8) is 0 Å². The summed E-state index contributed by atoms with van der Waals surface area (Å²) in [6, 6.07) is 5.17. The molecule has 1 aliphatic heterocycles. The van der Waals surface area contributed by atoms with Gasteiger partial charge < -0.3 is 14.6 Å². The van der Waals surface area contributed by atoms with Gasteiger partial charge in [-0.05, 0) is 37.3 Å². The molecule has 0 bridgehead atoms. The topological polar surface area (TPSA) is 80.4 Å². The van der Waals surface area contributed by atoms with E-state index < -0.39 is 11.8 Å². The van der Waals surface area contributed by atoms with Crippen molar-refractivity contribution in [3.8, 4) is 0 Å². The van der Waals surface area contributed by atoms with Crippen LogP contribution in [0.5, 0.6) is 0 Å². The third kappa shape index (κ3) is 3.75. The lowest BCUT2D eigenvalue weighted by molar-refractivity contribution is -0.146. The van der Waals surface area contributed by atoms with E-state index in [9.17, 15) is 9.59 Å². The van der Waals surface area contributed by atoms with Gasteiger partial charge in [-0.3, -0.25) is 9.59 Å². The monoisotopic (exact) mass is 344 g/mol. The van der Waals surface area contributed by atoms with Crippen LogP contribution in [0.4, 0.5) is 5.82 Å². The molecule has 2 unspecified atom stereocenters. The van der Waals surface area contributed by atoms with E-state index in [1.54, 1.807) is 34.2 Å². The van der Waals surface area contributed by atoms with Crippen molar-refractivity contribution >= 4 is 17.6 Å². The molecule has 1 aliphatic rings. The highest BCUT2D eigenvalue weighted by Gasteiger charge is 2.35. The zero-order chi connectivity index (χ0) is 17.8. The van der Waals surface area contributed by atoms with Crippen molar-refractivity contribution in [2.45, 2.75) is 45.7 Å². The van der Waals surface area contributed by atoms with Crippen molar-refractivity contribution in [1.29, 1.82) is 0 Å². The molecule has 0 aromatic carbocycles. The van der Waals surface area contributed by atoms with Crippen LogP contribution in [0.25, 0.3) is 0 Å². The number of hydrogen-bond donors (Lipinski definition) is 1. The van der Waals surface area contributed by atoms with E-state index in [0.717, 1.165) is 25.0 Å². The third-order valence-corrected chi connectivity index (χ3v) is 4.58. The largest absolute Gasteiger partial charge is 0.467 e. The molecule has 2 aromatic rings. The number of rotatable bonds is 4. The van der Waals surface area contributed by atoms with Gasteiger partial charge in [-0.25, -0.2) is 4.68 Å². The van der Waals surface area contributed by atoms with E-state index >= 15 is 0 Å². The first kappa shape index (κ1) is 17.3. The molecule has 7 heteroatoms. The van der Waals surface area contributed by atoms with Crippen LogP contribution < -0.4 is 5.32 Å². The predicted molar refractivity (Wildman–Crippen MR) is 92.7 cm³/mol. The van der Waals surface area contributed by atoms with E-state index in [2.05, 4.69) is 17.3 Å². The molecule has 134 valence electrons. The number of hydrogen-bond acceptors (Lipinski definition) is 4. The second kappa shape index (κ2) is 7.55. The normalized spacial score (nSPS) is 20.5. The van der Waals surface area contributed by atoms with Crippen LogP contribution in [0.15, 0.2) is 35.1 Å². The van der Waals surface area contributed by atoms with Gasteiger partial charge in [-0.1, -0.05) is 13.8 Å². The minimum atomic E-state index is -0.635. The maximum atomic E-state index is 12.7. The van der Waals surface area contributed by atoms with Crippen molar-refractivity contribution in [3.05, 3.63) is 36.4 Å². The van der Waals surface area contributed by atoms with Crippen LogP contribution in [-0.4, -0.2) is 33.0 Å². The Labute approximate surface area is 147 Å². The number of carbonyl (C=O) groups excluding carboxylic acids is 2. The second-order valence-corrected chi connectivity index (χ2v) is 6.55. The highest BCUT2D eigenvalue weighted by Crippen LogP contribution is 2.34.